The SMILES string of the molecule is Cc1occc1Sc1ccc(C(C)O)cc1Br. The first-order valence-corrected chi connectivity index (χ1v) is 6.88. The van der Waals surface area contributed by atoms with E-state index in [-0.39, 0.29) is 0 Å². The van der Waals surface area contributed by atoms with Gasteiger partial charge in [-0.25, -0.2) is 0 Å². The molecule has 0 aliphatic carbocycles. The molecule has 1 heterocycles. The summed E-state index contributed by atoms with van der Waals surface area (Å²) in [5.74, 6) is 0.918. The van der Waals surface area contributed by atoms with Crippen molar-refractivity contribution in [3.05, 3.63) is 46.3 Å². The maximum absolute atomic E-state index is 9.50. The third-order valence-corrected chi connectivity index (χ3v) is 4.61. The predicted octanol–water partition coefficient (Wildman–Crippen LogP) is 4.56. The molecule has 17 heavy (non-hydrogen) atoms. The lowest BCUT2D eigenvalue weighted by molar-refractivity contribution is 0.199. The first-order valence-electron chi connectivity index (χ1n) is 5.27. The van der Waals surface area contributed by atoms with Crippen LogP contribution in [0.1, 0.15) is 24.4 Å². The first-order chi connectivity index (χ1) is 8.08. The molecule has 0 spiro atoms. The van der Waals surface area contributed by atoms with Crippen LogP contribution in [0.4, 0.5) is 0 Å². The molecule has 1 N–H and O–H groups in total. The van der Waals surface area contributed by atoms with Crippen molar-refractivity contribution in [2.45, 2.75) is 29.7 Å². The maximum atomic E-state index is 9.50. The van der Waals surface area contributed by atoms with E-state index >= 15 is 0 Å². The van der Waals surface area contributed by atoms with Crippen LogP contribution in [0.15, 0.2) is 49.2 Å². The summed E-state index contributed by atoms with van der Waals surface area (Å²) in [5.41, 5.74) is 0.908. The van der Waals surface area contributed by atoms with Gasteiger partial charge < -0.3 is 9.52 Å². The second-order valence-electron chi connectivity index (χ2n) is 3.81. The fourth-order valence-electron chi connectivity index (χ4n) is 1.46. The Morgan fingerprint density at radius 3 is 2.59 bits per heavy atom. The normalized spacial score (nSPS) is 12.7. The zero-order chi connectivity index (χ0) is 12.4. The number of aliphatic hydroxyl groups is 1. The summed E-state index contributed by atoms with van der Waals surface area (Å²) in [6.45, 7) is 3.70. The van der Waals surface area contributed by atoms with Crippen molar-refractivity contribution in [3.8, 4) is 0 Å². The Bertz CT molecular complexity index is 520. The van der Waals surface area contributed by atoms with Crippen molar-refractivity contribution < 1.29 is 9.52 Å². The Balaban J connectivity index is 2.26. The minimum absolute atomic E-state index is 0.444. The Kier molecular flexibility index (Phi) is 3.97. The number of hydrogen-bond donors (Lipinski definition) is 1. The van der Waals surface area contributed by atoms with Crippen LogP contribution in [-0.2, 0) is 0 Å². The number of halogens is 1. The molecule has 1 unspecified atom stereocenters. The predicted molar refractivity (Wildman–Crippen MR) is 72.3 cm³/mol. The maximum Gasteiger partial charge on any atom is 0.114 e. The molecule has 0 aliphatic rings. The van der Waals surface area contributed by atoms with Gasteiger partial charge in [-0.15, -0.1) is 0 Å². The van der Waals surface area contributed by atoms with Crippen molar-refractivity contribution >= 4 is 27.7 Å². The number of rotatable bonds is 3. The van der Waals surface area contributed by atoms with E-state index in [0.29, 0.717) is 0 Å². The summed E-state index contributed by atoms with van der Waals surface area (Å²) in [7, 11) is 0. The van der Waals surface area contributed by atoms with E-state index in [0.717, 1.165) is 25.6 Å². The summed E-state index contributed by atoms with van der Waals surface area (Å²) in [5, 5.41) is 9.50. The number of aryl methyl sites for hydroxylation is 1. The summed E-state index contributed by atoms with van der Waals surface area (Å²) >= 11 is 5.17. The number of aliphatic hydroxyl groups excluding tert-OH is 1. The van der Waals surface area contributed by atoms with Crippen molar-refractivity contribution in [1.29, 1.82) is 0 Å². The molecular weight excluding hydrogens is 300 g/mol. The van der Waals surface area contributed by atoms with E-state index in [1.165, 1.54) is 0 Å². The van der Waals surface area contributed by atoms with Gasteiger partial charge in [-0.05, 0) is 53.5 Å². The molecular formula is C13H13BrO2S. The zero-order valence-electron chi connectivity index (χ0n) is 9.61. The van der Waals surface area contributed by atoms with Gasteiger partial charge in [0.1, 0.15) is 5.76 Å². The summed E-state index contributed by atoms with van der Waals surface area (Å²) < 4.78 is 6.25. The molecule has 0 amide bonds. The second kappa shape index (κ2) is 5.29. The topological polar surface area (TPSA) is 33.4 Å². The average Bonchev–Trinajstić information content (AvgIpc) is 2.67. The van der Waals surface area contributed by atoms with Crippen LogP contribution in [0.2, 0.25) is 0 Å². The quantitative estimate of drug-likeness (QED) is 0.902. The molecule has 0 bridgehead atoms. The molecule has 90 valence electrons. The molecule has 0 fully saturated rings. The van der Waals surface area contributed by atoms with E-state index < -0.39 is 6.10 Å². The van der Waals surface area contributed by atoms with Crippen molar-refractivity contribution in [2.75, 3.05) is 0 Å². The van der Waals surface area contributed by atoms with Crippen LogP contribution in [0.3, 0.4) is 0 Å². The van der Waals surface area contributed by atoms with Crippen molar-refractivity contribution in [3.63, 3.8) is 0 Å². The van der Waals surface area contributed by atoms with E-state index in [1.54, 1.807) is 24.9 Å². The molecule has 1 atom stereocenters. The van der Waals surface area contributed by atoms with Gasteiger partial charge in [0.05, 0.1) is 17.3 Å². The highest BCUT2D eigenvalue weighted by Gasteiger charge is 2.09. The van der Waals surface area contributed by atoms with Gasteiger partial charge in [0, 0.05) is 9.37 Å². The Labute approximate surface area is 113 Å². The molecule has 0 saturated carbocycles. The monoisotopic (exact) mass is 312 g/mol. The zero-order valence-corrected chi connectivity index (χ0v) is 12.0. The lowest BCUT2D eigenvalue weighted by Crippen LogP contribution is -1.90. The Morgan fingerprint density at radius 2 is 2.06 bits per heavy atom. The van der Waals surface area contributed by atoms with Gasteiger partial charge in [-0.1, -0.05) is 17.8 Å². The average molecular weight is 313 g/mol. The number of benzene rings is 1. The van der Waals surface area contributed by atoms with E-state index in [4.69, 9.17) is 4.42 Å². The molecule has 0 aliphatic heterocycles. The standard InChI is InChI=1S/C13H13BrO2S/c1-8(15)10-3-4-13(11(14)7-10)17-12-5-6-16-9(12)2/h3-8,15H,1-2H3. The lowest BCUT2D eigenvalue weighted by atomic mass is 10.1. The van der Waals surface area contributed by atoms with Crippen LogP contribution in [0.25, 0.3) is 0 Å². The Morgan fingerprint density at radius 1 is 1.29 bits per heavy atom. The van der Waals surface area contributed by atoms with Gasteiger partial charge >= 0.3 is 0 Å². The van der Waals surface area contributed by atoms with Gasteiger partial charge in [-0.2, -0.15) is 0 Å². The summed E-state index contributed by atoms with van der Waals surface area (Å²) in [6.07, 6.45) is 1.25. The van der Waals surface area contributed by atoms with Crippen LogP contribution < -0.4 is 0 Å². The smallest absolute Gasteiger partial charge is 0.114 e. The molecule has 0 saturated heterocycles. The minimum atomic E-state index is -0.444. The molecule has 2 rings (SSSR count). The highest BCUT2D eigenvalue weighted by atomic mass is 79.9. The van der Waals surface area contributed by atoms with Gasteiger partial charge in [0.2, 0.25) is 0 Å². The van der Waals surface area contributed by atoms with Crippen molar-refractivity contribution in [1.82, 2.24) is 0 Å². The molecule has 2 aromatic rings. The van der Waals surface area contributed by atoms with Crippen LogP contribution >= 0.6 is 27.7 Å². The van der Waals surface area contributed by atoms with Crippen LogP contribution in [0, 0.1) is 6.92 Å². The second-order valence-corrected chi connectivity index (χ2v) is 5.75. The highest BCUT2D eigenvalue weighted by molar-refractivity contribution is 9.10. The minimum Gasteiger partial charge on any atom is -0.468 e. The van der Waals surface area contributed by atoms with E-state index in [1.807, 2.05) is 31.2 Å². The molecule has 4 heteroatoms. The van der Waals surface area contributed by atoms with E-state index in [9.17, 15) is 5.11 Å². The largest absolute Gasteiger partial charge is 0.468 e. The van der Waals surface area contributed by atoms with Crippen LogP contribution in [-0.4, -0.2) is 5.11 Å². The van der Waals surface area contributed by atoms with Crippen LogP contribution in [0.5, 0.6) is 0 Å². The Hall–Kier alpha value is -0.710. The summed E-state index contributed by atoms with van der Waals surface area (Å²) in [4.78, 5) is 2.22. The highest BCUT2D eigenvalue weighted by Crippen LogP contribution is 2.36. The third kappa shape index (κ3) is 2.94. The van der Waals surface area contributed by atoms with E-state index in [2.05, 4.69) is 15.9 Å². The molecule has 1 aromatic heterocycles. The fraction of sp³-hybridized carbons (Fsp3) is 0.231. The molecule has 1 aromatic carbocycles. The first kappa shape index (κ1) is 12.7. The van der Waals surface area contributed by atoms with Crippen molar-refractivity contribution in [2.24, 2.45) is 0 Å². The van der Waals surface area contributed by atoms with Gasteiger partial charge in [0.25, 0.3) is 0 Å². The molecule has 0 radical (unpaired) electrons. The number of hydrogen-bond acceptors (Lipinski definition) is 3. The third-order valence-electron chi connectivity index (χ3n) is 2.47. The summed E-state index contributed by atoms with van der Waals surface area (Å²) in [6, 6.07) is 7.84. The lowest BCUT2D eigenvalue weighted by Gasteiger charge is -2.08. The molecule has 2 nitrogen and oxygen atoms in total. The van der Waals surface area contributed by atoms with Gasteiger partial charge in [-0.3, -0.25) is 0 Å². The van der Waals surface area contributed by atoms with Gasteiger partial charge in [0.15, 0.2) is 0 Å². The number of furan rings is 1. The fourth-order valence-corrected chi connectivity index (χ4v) is 2.94.